The lowest BCUT2D eigenvalue weighted by Crippen LogP contribution is -2.49. The van der Waals surface area contributed by atoms with Crippen LogP contribution in [0.5, 0.6) is 0 Å². The van der Waals surface area contributed by atoms with Gasteiger partial charge in [0.25, 0.3) is 0 Å². The summed E-state index contributed by atoms with van der Waals surface area (Å²) in [4.78, 5) is 0. The molecule has 0 radical (unpaired) electrons. The molecule has 1 N–H and O–H groups in total. The fraction of sp³-hybridized carbons (Fsp3) is 1.00. The first kappa shape index (κ1) is 17.9. The molecule has 20 heavy (non-hydrogen) atoms. The van der Waals surface area contributed by atoms with Crippen LogP contribution in [0.2, 0.25) is 0 Å². The van der Waals surface area contributed by atoms with Gasteiger partial charge >= 0.3 is 10.4 Å². The summed E-state index contributed by atoms with van der Waals surface area (Å²) in [6.45, 7) is 12.9. The first-order chi connectivity index (χ1) is 8.81. The van der Waals surface area contributed by atoms with Gasteiger partial charge in [0.15, 0.2) is 0 Å². The molecule has 0 amide bonds. The van der Waals surface area contributed by atoms with Crippen molar-refractivity contribution in [1.29, 1.82) is 0 Å². The fourth-order valence-electron chi connectivity index (χ4n) is 2.87. The average Bonchev–Trinajstić information content (AvgIpc) is 2.22. The van der Waals surface area contributed by atoms with Crippen molar-refractivity contribution >= 4 is 10.4 Å². The summed E-state index contributed by atoms with van der Waals surface area (Å²) in [7, 11) is -4.40. The van der Waals surface area contributed by atoms with E-state index in [1.54, 1.807) is 0 Å². The van der Waals surface area contributed by atoms with E-state index in [2.05, 4.69) is 45.7 Å². The smallest absolute Gasteiger partial charge is 0.372 e. The van der Waals surface area contributed by atoms with Crippen LogP contribution in [-0.2, 0) is 19.3 Å². The second-order valence-corrected chi connectivity index (χ2v) is 8.90. The number of hydrogen-bond acceptors (Lipinski definition) is 4. The third-order valence-electron chi connectivity index (χ3n) is 3.87. The summed E-state index contributed by atoms with van der Waals surface area (Å²) < 4.78 is 40.5. The summed E-state index contributed by atoms with van der Waals surface area (Å²) in [6.07, 6.45) is 1.45. The SMILES string of the molecule is CC(C)(C)C1CCC(COS(=O)(=O)O)OC1C(C)(C)C. The molecule has 120 valence electrons. The van der Waals surface area contributed by atoms with Crippen LogP contribution in [-0.4, -0.2) is 31.8 Å². The zero-order valence-corrected chi connectivity index (χ0v) is 14.2. The second kappa shape index (κ2) is 5.91. The third kappa shape index (κ3) is 5.31. The van der Waals surface area contributed by atoms with Gasteiger partial charge in [-0.15, -0.1) is 0 Å². The van der Waals surface area contributed by atoms with Gasteiger partial charge in [0.05, 0.1) is 18.8 Å². The minimum absolute atomic E-state index is 0.0330. The minimum atomic E-state index is -4.40. The Morgan fingerprint density at radius 1 is 1.10 bits per heavy atom. The Bertz CT molecular complexity index is 416. The molecule has 0 bridgehead atoms. The number of rotatable bonds is 3. The van der Waals surface area contributed by atoms with E-state index in [-0.39, 0.29) is 29.6 Å². The van der Waals surface area contributed by atoms with Crippen LogP contribution in [0, 0.1) is 16.7 Å². The second-order valence-electron chi connectivity index (χ2n) is 7.81. The summed E-state index contributed by atoms with van der Waals surface area (Å²) in [5, 5.41) is 0. The Balaban J connectivity index is 2.78. The number of hydrogen-bond donors (Lipinski definition) is 1. The van der Waals surface area contributed by atoms with E-state index in [0.29, 0.717) is 5.92 Å². The van der Waals surface area contributed by atoms with E-state index in [1.165, 1.54) is 0 Å². The highest BCUT2D eigenvalue weighted by Gasteiger charge is 2.43. The predicted molar refractivity (Wildman–Crippen MR) is 77.8 cm³/mol. The Morgan fingerprint density at radius 2 is 1.65 bits per heavy atom. The van der Waals surface area contributed by atoms with Crippen molar-refractivity contribution < 1.29 is 21.9 Å². The van der Waals surface area contributed by atoms with Crippen molar-refractivity contribution in [2.75, 3.05) is 6.61 Å². The first-order valence-corrected chi connectivity index (χ1v) is 8.44. The molecular weight excluding hydrogens is 280 g/mol. The van der Waals surface area contributed by atoms with E-state index >= 15 is 0 Å². The summed E-state index contributed by atoms with van der Waals surface area (Å²) in [6, 6.07) is 0. The van der Waals surface area contributed by atoms with Crippen molar-refractivity contribution in [2.24, 2.45) is 16.7 Å². The van der Waals surface area contributed by atoms with Crippen LogP contribution >= 0.6 is 0 Å². The summed E-state index contributed by atoms with van der Waals surface area (Å²) >= 11 is 0. The van der Waals surface area contributed by atoms with Crippen LogP contribution in [0.25, 0.3) is 0 Å². The van der Waals surface area contributed by atoms with E-state index in [1.807, 2.05) is 0 Å². The van der Waals surface area contributed by atoms with Gasteiger partial charge < -0.3 is 4.74 Å². The number of ether oxygens (including phenoxy) is 1. The van der Waals surface area contributed by atoms with E-state index < -0.39 is 10.4 Å². The van der Waals surface area contributed by atoms with E-state index in [0.717, 1.165) is 12.8 Å². The maximum Gasteiger partial charge on any atom is 0.397 e. The van der Waals surface area contributed by atoms with Gasteiger partial charge in [-0.3, -0.25) is 4.55 Å². The Hall–Kier alpha value is -0.170. The maximum absolute atomic E-state index is 10.7. The van der Waals surface area contributed by atoms with Crippen molar-refractivity contribution in [2.45, 2.75) is 66.6 Å². The summed E-state index contributed by atoms with van der Waals surface area (Å²) in [5.41, 5.74) is 0.0987. The molecule has 1 aliphatic rings. The molecule has 0 aliphatic carbocycles. The van der Waals surface area contributed by atoms with Crippen LogP contribution in [0.3, 0.4) is 0 Å². The van der Waals surface area contributed by atoms with Gasteiger partial charge in [0, 0.05) is 0 Å². The molecule has 3 unspecified atom stereocenters. The third-order valence-corrected chi connectivity index (χ3v) is 4.31. The highest BCUT2D eigenvalue weighted by molar-refractivity contribution is 7.80. The molecule has 0 aromatic carbocycles. The van der Waals surface area contributed by atoms with E-state index in [9.17, 15) is 8.42 Å². The lowest BCUT2D eigenvalue weighted by atomic mass is 9.66. The lowest BCUT2D eigenvalue weighted by molar-refractivity contribution is -0.161. The molecule has 1 heterocycles. The molecule has 0 aromatic rings. The summed E-state index contributed by atoms with van der Waals surface area (Å²) in [5.74, 6) is 0.407. The molecule has 0 saturated carbocycles. The van der Waals surface area contributed by atoms with Crippen molar-refractivity contribution in [3.63, 3.8) is 0 Å². The maximum atomic E-state index is 10.7. The molecule has 3 atom stereocenters. The van der Waals surface area contributed by atoms with Crippen molar-refractivity contribution in [3.05, 3.63) is 0 Å². The monoisotopic (exact) mass is 308 g/mol. The molecule has 1 rings (SSSR count). The van der Waals surface area contributed by atoms with Gasteiger partial charge in [-0.05, 0) is 29.6 Å². The minimum Gasteiger partial charge on any atom is -0.372 e. The molecule has 0 aromatic heterocycles. The molecular formula is C14H28O5S. The van der Waals surface area contributed by atoms with Crippen LogP contribution in [0.4, 0.5) is 0 Å². The Morgan fingerprint density at radius 3 is 2.05 bits per heavy atom. The predicted octanol–water partition coefficient (Wildman–Crippen LogP) is 3.06. The zero-order valence-electron chi connectivity index (χ0n) is 13.3. The van der Waals surface area contributed by atoms with Crippen LogP contribution in [0.1, 0.15) is 54.4 Å². The standard InChI is InChI=1S/C14H28O5S/c1-13(2,3)11-8-7-10(9-18-20(15,16)17)19-12(11)14(4,5)6/h10-12H,7-9H2,1-6H3,(H,15,16,17). The molecule has 6 heteroatoms. The van der Waals surface area contributed by atoms with Crippen molar-refractivity contribution in [1.82, 2.24) is 0 Å². The molecule has 0 spiro atoms. The normalized spacial score (nSPS) is 29.4. The van der Waals surface area contributed by atoms with Crippen LogP contribution < -0.4 is 0 Å². The van der Waals surface area contributed by atoms with Gasteiger partial charge in [-0.25, -0.2) is 4.18 Å². The highest BCUT2D eigenvalue weighted by atomic mass is 32.3. The van der Waals surface area contributed by atoms with Gasteiger partial charge in [-0.2, -0.15) is 8.42 Å². The van der Waals surface area contributed by atoms with Gasteiger partial charge in [0.2, 0.25) is 0 Å². The van der Waals surface area contributed by atoms with E-state index in [4.69, 9.17) is 9.29 Å². The molecule has 5 nitrogen and oxygen atoms in total. The largest absolute Gasteiger partial charge is 0.397 e. The first-order valence-electron chi connectivity index (χ1n) is 7.08. The topological polar surface area (TPSA) is 72.8 Å². The Kier molecular flexibility index (Phi) is 5.28. The van der Waals surface area contributed by atoms with Crippen molar-refractivity contribution in [3.8, 4) is 0 Å². The molecule has 1 aliphatic heterocycles. The quantitative estimate of drug-likeness (QED) is 0.811. The fourth-order valence-corrected chi connectivity index (χ4v) is 3.19. The molecule has 1 saturated heterocycles. The lowest BCUT2D eigenvalue weighted by Gasteiger charge is -2.48. The zero-order chi connectivity index (χ0) is 15.8. The van der Waals surface area contributed by atoms with Crippen LogP contribution in [0.15, 0.2) is 0 Å². The highest BCUT2D eigenvalue weighted by Crippen LogP contribution is 2.44. The average molecular weight is 308 g/mol. The van der Waals surface area contributed by atoms with Gasteiger partial charge in [0.1, 0.15) is 0 Å². The van der Waals surface area contributed by atoms with Gasteiger partial charge in [-0.1, -0.05) is 41.5 Å². The molecule has 1 fully saturated rings. The Labute approximate surface area is 123 Å².